The summed E-state index contributed by atoms with van der Waals surface area (Å²) in [4.78, 5) is 29.2. The Kier molecular flexibility index (Phi) is 4.66. The molecule has 0 aliphatic carbocycles. The summed E-state index contributed by atoms with van der Waals surface area (Å²) in [5.74, 6) is 1.21. The van der Waals surface area contributed by atoms with E-state index in [1.165, 1.54) is 23.1 Å². The largest absolute Gasteiger partial charge is 0.391 e. The molecule has 2 unspecified atom stereocenters. The third kappa shape index (κ3) is 3.52. The summed E-state index contributed by atoms with van der Waals surface area (Å²) in [6, 6.07) is 3.58. The van der Waals surface area contributed by atoms with Crippen molar-refractivity contribution < 1.29 is 14.3 Å². The maximum Gasteiger partial charge on any atom is 0.277 e. The highest BCUT2D eigenvalue weighted by atomic mass is 19.1. The van der Waals surface area contributed by atoms with Crippen LogP contribution in [0.25, 0.3) is 5.65 Å². The summed E-state index contributed by atoms with van der Waals surface area (Å²) in [7, 11) is 0. The smallest absolute Gasteiger partial charge is 0.277 e. The first-order valence-electron chi connectivity index (χ1n) is 9.87. The molecule has 0 saturated carbocycles. The maximum absolute atomic E-state index is 13.5. The number of fused-ring (bicyclic) bond motifs is 1. The van der Waals surface area contributed by atoms with Crippen LogP contribution in [-0.2, 0) is 0 Å². The average molecular weight is 412 g/mol. The molecular formula is C19H21FN8O2. The monoisotopic (exact) mass is 412 g/mol. The normalized spacial score (nSPS) is 21.5. The van der Waals surface area contributed by atoms with Crippen molar-refractivity contribution in [2.75, 3.05) is 41.3 Å². The van der Waals surface area contributed by atoms with E-state index in [9.17, 15) is 14.3 Å². The molecular weight excluding hydrogens is 391 g/mol. The number of nitrogens with one attached hydrogen (secondary N) is 1. The molecule has 5 rings (SSSR count). The lowest BCUT2D eigenvalue weighted by molar-refractivity contribution is 0.102. The van der Waals surface area contributed by atoms with Crippen molar-refractivity contribution in [3.8, 4) is 0 Å². The van der Waals surface area contributed by atoms with E-state index in [1.54, 1.807) is 12.1 Å². The molecule has 0 radical (unpaired) electrons. The number of nitrogens with zero attached hydrogens (tertiary/aromatic N) is 7. The zero-order valence-electron chi connectivity index (χ0n) is 16.1. The number of imidazole rings is 1. The predicted molar refractivity (Wildman–Crippen MR) is 108 cm³/mol. The van der Waals surface area contributed by atoms with Crippen molar-refractivity contribution in [2.45, 2.75) is 25.1 Å². The van der Waals surface area contributed by atoms with Gasteiger partial charge in [0.2, 0.25) is 0 Å². The van der Waals surface area contributed by atoms with Crippen LogP contribution < -0.4 is 15.1 Å². The van der Waals surface area contributed by atoms with Crippen LogP contribution >= 0.6 is 0 Å². The third-order valence-corrected chi connectivity index (χ3v) is 5.40. The van der Waals surface area contributed by atoms with E-state index >= 15 is 0 Å². The minimum atomic E-state index is -0.852. The number of anilines is 3. The van der Waals surface area contributed by atoms with Crippen LogP contribution in [0.15, 0.2) is 30.7 Å². The van der Waals surface area contributed by atoms with Gasteiger partial charge in [0, 0.05) is 19.6 Å². The Morgan fingerprint density at radius 2 is 1.87 bits per heavy atom. The summed E-state index contributed by atoms with van der Waals surface area (Å²) in [5.41, 5.74) is 0.725. The molecule has 2 saturated heterocycles. The Morgan fingerprint density at radius 1 is 1.03 bits per heavy atom. The summed E-state index contributed by atoms with van der Waals surface area (Å²) in [5, 5.41) is 16.9. The van der Waals surface area contributed by atoms with Crippen molar-refractivity contribution in [2.24, 2.45) is 0 Å². The number of alkyl halides is 1. The van der Waals surface area contributed by atoms with E-state index in [-0.39, 0.29) is 11.8 Å². The van der Waals surface area contributed by atoms with Crippen LogP contribution in [0.2, 0.25) is 0 Å². The Labute approximate surface area is 171 Å². The van der Waals surface area contributed by atoms with Gasteiger partial charge in [0.1, 0.15) is 23.5 Å². The first kappa shape index (κ1) is 18.7. The second kappa shape index (κ2) is 7.48. The molecule has 30 heavy (non-hydrogen) atoms. The fraction of sp³-hybridized carbons (Fsp3) is 0.421. The topological polar surface area (TPSA) is 112 Å². The maximum atomic E-state index is 13.5. The van der Waals surface area contributed by atoms with E-state index in [2.05, 4.69) is 25.4 Å². The molecule has 0 spiro atoms. The van der Waals surface area contributed by atoms with Crippen molar-refractivity contribution in [3.05, 3.63) is 36.4 Å². The lowest BCUT2D eigenvalue weighted by Crippen LogP contribution is -2.23. The highest BCUT2D eigenvalue weighted by molar-refractivity contribution is 6.02. The molecule has 2 aliphatic heterocycles. The fourth-order valence-electron chi connectivity index (χ4n) is 3.78. The van der Waals surface area contributed by atoms with Gasteiger partial charge in [0.15, 0.2) is 11.5 Å². The number of carbonyl (C=O) groups is 1. The molecule has 10 nitrogen and oxygen atoms in total. The molecule has 1 amide bonds. The standard InChI is InChI=1S/C19H21FN8O2/c20-12-3-5-26(10-12)16-2-1-15-23-9-18(28(15)25-16)24-19(30)14-7-22-17(8-21-14)27-6-4-13(29)11-27/h1-2,7-9,12-13,29H,3-6,10-11H2,(H,24,30). The summed E-state index contributed by atoms with van der Waals surface area (Å²) in [6.45, 7) is 2.13. The van der Waals surface area contributed by atoms with Crippen LogP contribution in [0.5, 0.6) is 0 Å². The SMILES string of the molecule is O=C(Nc1cnc2ccc(N3CCC(F)C3)nn12)c1cnc(N2CCC(O)C2)cn1. The van der Waals surface area contributed by atoms with Crippen LogP contribution in [0.1, 0.15) is 23.3 Å². The third-order valence-electron chi connectivity index (χ3n) is 5.40. The number of aliphatic hydroxyl groups excluding tert-OH is 1. The van der Waals surface area contributed by atoms with E-state index in [0.29, 0.717) is 62.1 Å². The van der Waals surface area contributed by atoms with Gasteiger partial charge in [0.25, 0.3) is 5.91 Å². The zero-order chi connectivity index (χ0) is 20.7. The second-order valence-electron chi connectivity index (χ2n) is 7.54. The Balaban J connectivity index is 1.33. The molecule has 2 fully saturated rings. The number of hydrogen-bond acceptors (Lipinski definition) is 8. The number of rotatable bonds is 4. The quantitative estimate of drug-likeness (QED) is 0.650. The van der Waals surface area contributed by atoms with Crippen molar-refractivity contribution in [1.82, 2.24) is 24.6 Å². The molecule has 11 heteroatoms. The highest BCUT2D eigenvalue weighted by Crippen LogP contribution is 2.22. The summed E-state index contributed by atoms with van der Waals surface area (Å²) in [6.07, 6.45) is 4.41. The number of carbonyl (C=O) groups excluding carboxylic acids is 1. The van der Waals surface area contributed by atoms with Gasteiger partial charge < -0.3 is 20.2 Å². The van der Waals surface area contributed by atoms with Crippen molar-refractivity contribution in [1.29, 1.82) is 0 Å². The van der Waals surface area contributed by atoms with Gasteiger partial charge >= 0.3 is 0 Å². The number of halogens is 1. The van der Waals surface area contributed by atoms with Crippen molar-refractivity contribution in [3.63, 3.8) is 0 Å². The van der Waals surface area contributed by atoms with Gasteiger partial charge in [-0.3, -0.25) is 4.79 Å². The molecule has 156 valence electrons. The van der Waals surface area contributed by atoms with Gasteiger partial charge in [-0.2, -0.15) is 4.52 Å². The van der Waals surface area contributed by atoms with Gasteiger partial charge in [-0.05, 0) is 25.0 Å². The summed E-state index contributed by atoms with van der Waals surface area (Å²) >= 11 is 0. The minimum absolute atomic E-state index is 0.157. The molecule has 2 N–H and O–H groups in total. The van der Waals surface area contributed by atoms with E-state index in [4.69, 9.17) is 0 Å². The van der Waals surface area contributed by atoms with Crippen LogP contribution in [0.4, 0.5) is 21.8 Å². The molecule has 3 aromatic rings. The van der Waals surface area contributed by atoms with Crippen LogP contribution in [-0.4, -0.2) is 74.0 Å². The number of aromatic nitrogens is 5. The first-order valence-corrected chi connectivity index (χ1v) is 9.87. The number of amides is 1. The minimum Gasteiger partial charge on any atom is -0.391 e. The van der Waals surface area contributed by atoms with Crippen LogP contribution in [0, 0.1) is 0 Å². The molecule has 2 aliphatic rings. The molecule has 5 heterocycles. The Hall–Kier alpha value is -3.34. The Morgan fingerprint density at radius 3 is 2.57 bits per heavy atom. The first-order chi connectivity index (χ1) is 14.6. The zero-order valence-corrected chi connectivity index (χ0v) is 16.1. The van der Waals surface area contributed by atoms with E-state index in [0.717, 1.165) is 0 Å². The Bertz CT molecular complexity index is 1070. The van der Waals surface area contributed by atoms with Gasteiger partial charge in [-0.1, -0.05) is 0 Å². The molecule has 3 aromatic heterocycles. The molecule has 2 atom stereocenters. The van der Waals surface area contributed by atoms with Gasteiger partial charge in [-0.15, -0.1) is 5.10 Å². The molecule has 0 bridgehead atoms. The van der Waals surface area contributed by atoms with Gasteiger partial charge in [-0.25, -0.2) is 19.3 Å². The second-order valence-corrected chi connectivity index (χ2v) is 7.54. The van der Waals surface area contributed by atoms with E-state index < -0.39 is 12.1 Å². The van der Waals surface area contributed by atoms with Crippen LogP contribution in [0.3, 0.4) is 0 Å². The highest BCUT2D eigenvalue weighted by Gasteiger charge is 2.24. The fourth-order valence-corrected chi connectivity index (χ4v) is 3.78. The lowest BCUT2D eigenvalue weighted by Gasteiger charge is -2.16. The lowest BCUT2D eigenvalue weighted by atomic mass is 10.3. The predicted octanol–water partition coefficient (Wildman–Crippen LogP) is 0.891. The van der Waals surface area contributed by atoms with E-state index in [1.807, 2.05) is 9.80 Å². The van der Waals surface area contributed by atoms with Gasteiger partial charge in [0.05, 0.1) is 31.2 Å². The number of hydrogen-bond donors (Lipinski definition) is 2. The summed E-state index contributed by atoms with van der Waals surface area (Å²) < 4.78 is 15.0. The number of β-amino-alcohol motifs (C(OH)–C–C–N with tert-alkyl or cyclic N) is 1. The molecule has 0 aromatic carbocycles. The number of aliphatic hydroxyl groups is 1. The average Bonchev–Trinajstić information content (AvgIpc) is 3.48. The van der Waals surface area contributed by atoms with Crippen molar-refractivity contribution >= 4 is 29.0 Å².